The van der Waals surface area contributed by atoms with Crippen molar-refractivity contribution in [2.75, 3.05) is 0 Å². The molecule has 0 amide bonds. The van der Waals surface area contributed by atoms with Crippen molar-refractivity contribution in [3.05, 3.63) is 413 Å². The quantitative estimate of drug-likeness (QED) is 0.0783. The van der Waals surface area contributed by atoms with Gasteiger partial charge in [0.15, 0.2) is 46.6 Å². The zero-order chi connectivity index (χ0) is 80.2. The molecule has 0 aliphatic heterocycles. The first-order valence-electron chi connectivity index (χ1n) is 39.2. The van der Waals surface area contributed by atoms with Crippen LogP contribution in [0.15, 0.2) is 413 Å². The minimum Gasteiger partial charge on any atom is -0.255 e. The van der Waals surface area contributed by atoms with Crippen molar-refractivity contribution in [1.82, 2.24) is 79.7 Å². The molecular formula is C104H68N16. The van der Waals surface area contributed by atoms with Gasteiger partial charge in [-0.1, -0.05) is 297 Å². The Morgan fingerprint density at radius 1 is 0.100 bits per heavy atom. The summed E-state index contributed by atoms with van der Waals surface area (Å²) in [5, 5.41) is 0. The topological polar surface area (TPSA) is 206 Å². The van der Waals surface area contributed by atoms with Crippen LogP contribution in [-0.2, 0) is 0 Å². The predicted molar refractivity (Wildman–Crippen MR) is 475 cm³/mol. The Labute approximate surface area is 692 Å². The molecule has 0 aliphatic carbocycles. The van der Waals surface area contributed by atoms with E-state index in [-0.39, 0.29) is 0 Å². The first kappa shape index (κ1) is 73.5. The lowest BCUT2D eigenvalue weighted by atomic mass is 9.98. The fourth-order valence-electron chi connectivity index (χ4n) is 14.1. The second kappa shape index (κ2) is 34.1. The van der Waals surface area contributed by atoms with Gasteiger partial charge in [0.05, 0.1) is 68.3 Å². The lowest BCUT2D eigenvalue weighted by molar-refractivity contribution is 1.07. The fourth-order valence-corrected chi connectivity index (χ4v) is 14.1. The van der Waals surface area contributed by atoms with E-state index in [1.165, 1.54) is 0 Å². The molecule has 16 heteroatoms. The van der Waals surface area contributed by atoms with Crippen LogP contribution in [0.4, 0.5) is 0 Å². The molecule has 16 nitrogen and oxygen atoms in total. The average Bonchev–Trinajstić information content (AvgIpc) is 0.980. The predicted octanol–water partition coefficient (Wildman–Crippen LogP) is 23.7. The van der Waals surface area contributed by atoms with Gasteiger partial charge in [0.25, 0.3) is 0 Å². The average molecular weight is 1540 g/mol. The highest BCUT2D eigenvalue weighted by Gasteiger charge is 2.21. The summed E-state index contributed by atoms with van der Waals surface area (Å²) in [6.45, 7) is 0. The van der Waals surface area contributed by atoms with E-state index in [1.807, 2.05) is 279 Å². The summed E-state index contributed by atoms with van der Waals surface area (Å²) in [5.74, 6) is 4.78. The third kappa shape index (κ3) is 16.7. The molecule has 10 heterocycles. The van der Waals surface area contributed by atoms with Crippen molar-refractivity contribution >= 4 is 0 Å². The van der Waals surface area contributed by atoms with E-state index >= 15 is 0 Å². The van der Waals surface area contributed by atoms with Crippen molar-refractivity contribution in [3.63, 3.8) is 0 Å². The number of aromatic nitrogens is 16. The molecule has 20 aromatic rings. The Hall–Kier alpha value is -16.7. The van der Waals surface area contributed by atoms with Crippen molar-refractivity contribution in [1.29, 1.82) is 0 Å². The van der Waals surface area contributed by atoms with Gasteiger partial charge in [-0.05, 0) is 113 Å². The maximum absolute atomic E-state index is 5.14. The van der Waals surface area contributed by atoms with Gasteiger partial charge >= 0.3 is 0 Å². The standard InChI is InChI=1S/2C52H34N8/c1-5-16-35(17-6-1)44-34-45(57-49(56-44)36-18-7-2-8-19-36)40-25-15-24-39(30-40)42-32-47(43-26-13-14-28-53-43)55-48(33-42)46-31-41(27-29-54-46)52-59-50(37-20-9-3-10-21-37)58-51(60-52)38-22-11-4-12-23-38;1-5-15-36(16-6-1)44-34-45(57-49(56-44)38-17-7-2-8-18-38)37-26-24-35(25-27-37)42-32-47(43-23-13-14-29-53-43)55-48(33-42)46-31-41(28-30-54-46)52-59-50(39-19-9-3-10-20-39)58-51(60-52)40-21-11-4-12-22-40/h2*1-34H. The number of rotatable bonds is 18. The van der Waals surface area contributed by atoms with Gasteiger partial charge in [-0.2, -0.15) is 0 Å². The molecule has 0 N–H and O–H groups in total. The second-order valence-corrected chi connectivity index (χ2v) is 28.2. The number of hydrogen-bond acceptors (Lipinski definition) is 16. The summed E-state index contributed by atoms with van der Waals surface area (Å²) in [7, 11) is 0. The SMILES string of the molecule is c1ccc(-c2cc(-c3ccc(-c4cc(-c5ccccn5)nc(-c5cc(-c6nc(-c7ccccc7)nc(-c7ccccc7)n6)ccn5)c4)cc3)nc(-c3ccccc3)n2)cc1.c1ccc(-c2cc(-c3cccc(-c4cc(-c5ccccn5)nc(-c5cc(-c6nc(-c7ccccc7)nc(-c7ccccc7)n6)ccn5)c4)c3)nc(-c3ccccc3)n2)cc1. The molecule has 0 bridgehead atoms. The highest BCUT2D eigenvalue weighted by atomic mass is 15.0. The minimum atomic E-state index is 0.537. The maximum Gasteiger partial charge on any atom is 0.164 e. The molecule has 10 aromatic carbocycles. The van der Waals surface area contributed by atoms with Gasteiger partial charge in [-0.15, -0.1) is 0 Å². The summed E-state index contributed by atoms with van der Waals surface area (Å²) in [5.41, 5.74) is 24.1. The van der Waals surface area contributed by atoms with Gasteiger partial charge in [0, 0.05) is 91.5 Å². The van der Waals surface area contributed by atoms with Crippen LogP contribution in [0.25, 0.3) is 204 Å². The van der Waals surface area contributed by atoms with Crippen molar-refractivity contribution in [2.24, 2.45) is 0 Å². The monoisotopic (exact) mass is 1540 g/mol. The van der Waals surface area contributed by atoms with Crippen LogP contribution in [0.1, 0.15) is 0 Å². The molecule has 120 heavy (non-hydrogen) atoms. The Balaban J connectivity index is 0.000000159. The highest BCUT2D eigenvalue weighted by Crippen LogP contribution is 2.38. The van der Waals surface area contributed by atoms with Crippen LogP contribution in [0, 0.1) is 0 Å². The largest absolute Gasteiger partial charge is 0.255 e. The van der Waals surface area contributed by atoms with Gasteiger partial charge in [-0.25, -0.2) is 59.8 Å². The van der Waals surface area contributed by atoms with Crippen molar-refractivity contribution < 1.29 is 0 Å². The van der Waals surface area contributed by atoms with Gasteiger partial charge in [0.1, 0.15) is 0 Å². The van der Waals surface area contributed by atoms with Crippen LogP contribution < -0.4 is 0 Å². The summed E-state index contributed by atoms with van der Waals surface area (Å²) < 4.78 is 0. The minimum absolute atomic E-state index is 0.537. The molecule has 20 rings (SSSR count). The van der Waals surface area contributed by atoms with Crippen molar-refractivity contribution in [3.8, 4) is 204 Å². The smallest absolute Gasteiger partial charge is 0.164 e. The third-order valence-electron chi connectivity index (χ3n) is 20.1. The summed E-state index contributed by atoms with van der Waals surface area (Å²) in [6.07, 6.45) is 7.11. The number of nitrogens with zero attached hydrogens (tertiary/aromatic N) is 16. The molecule has 0 saturated heterocycles. The Morgan fingerprint density at radius 2 is 0.342 bits per heavy atom. The molecule has 0 saturated carbocycles. The fraction of sp³-hybridized carbons (Fsp3) is 0. The van der Waals surface area contributed by atoms with Gasteiger partial charge < -0.3 is 0 Å². The van der Waals surface area contributed by atoms with E-state index in [0.29, 0.717) is 69.4 Å². The second-order valence-electron chi connectivity index (χ2n) is 28.2. The van der Waals surface area contributed by atoms with E-state index in [0.717, 1.165) is 135 Å². The molecule has 0 atom stereocenters. The maximum atomic E-state index is 5.14. The molecular weight excluding hydrogens is 1470 g/mol. The Kier molecular flexibility index (Phi) is 20.9. The number of benzene rings is 10. The lowest BCUT2D eigenvalue weighted by Gasteiger charge is -2.12. The molecule has 564 valence electrons. The van der Waals surface area contributed by atoms with E-state index in [9.17, 15) is 0 Å². The zero-order valence-corrected chi connectivity index (χ0v) is 64.4. The normalized spacial score (nSPS) is 11.0. The zero-order valence-electron chi connectivity index (χ0n) is 64.4. The lowest BCUT2D eigenvalue weighted by Crippen LogP contribution is -2.00. The van der Waals surface area contributed by atoms with E-state index in [1.54, 1.807) is 24.8 Å². The van der Waals surface area contributed by atoms with E-state index < -0.39 is 0 Å². The Morgan fingerprint density at radius 3 is 0.675 bits per heavy atom. The molecule has 0 radical (unpaired) electrons. The molecule has 0 fully saturated rings. The van der Waals surface area contributed by atoms with Gasteiger partial charge in [-0.3, -0.25) is 19.9 Å². The number of hydrogen-bond donors (Lipinski definition) is 0. The highest BCUT2D eigenvalue weighted by molar-refractivity contribution is 5.83. The van der Waals surface area contributed by atoms with Gasteiger partial charge in [0.2, 0.25) is 0 Å². The van der Waals surface area contributed by atoms with Crippen LogP contribution >= 0.6 is 0 Å². The summed E-state index contributed by atoms with van der Waals surface area (Å²) >= 11 is 0. The van der Waals surface area contributed by atoms with Crippen LogP contribution in [-0.4, -0.2) is 79.7 Å². The van der Waals surface area contributed by atoms with Crippen LogP contribution in [0.3, 0.4) is 0 Å². The van der Waals surface area contributed by atoms with E-state index in [4.69, 9.17) is 69.8 Å². The molecule has 0 unspecified atom stereocenters. The first-order valence-corrected chi connectivity index (χ1v) is 39.2. The summed E-state index contributed by atoms with van der Waals surface area (Å²) in [4.78, 5) is 78.9. The van der Waals surface area contributed by atoms with E-state index in [2.05, 4.69) is 119 Å². The third-order valence-corrected chi connectivity index (χ3v) is 20.1. The molecule has 0 aliphatic rings. The van der Waals surface area contributed by atoms with Crippen molar-refractivity contribution in [2.45, 2.75) is 0 Å². The Bertz CT molecular complexity index is 6550. The summed E-state index contributed by atoms with van der Waals surface area (Å²) in [6, 6.07) is 129. The first-order chi connectivity index (χ1) is 59.4. The molecule has 10 aromatic heterocycles. The number of pyridine rings is 6. The van der Waals surface area contributed by atoms with Crippen LogP contribution in [0.2, 0.25) is 0 Å². The van der Waals surface area contributed by atoms with Crippen LogP contribution in [0.5, 0.6) is 0 Å². The molecule has 0 spiro atoms.